The summed E-state index contributed by atoms with van der Waals surface area (Å²) in [5.41, 5.74) is 0.244. The molecule has 25 heavy (non-hydrogen) atoms. The molecule has 3 atom stereocenters. The lowest BCUT2D eigenvalue weighted by Crippen LogP contribution is -2.48. The van der Waals surface area contributed by atoms with Crippen molar-refractivity contribution in [3.05, 3.63) is 35.9 Å². The highest BCUT2D eigenvalue weighted by Crippen LogP contribution is 2.32. The molecule has 6 nitrogen and oxygen atoms in total. The van der Waals surface area contributed by atoms with Gasteiger partial charge in [-0.1, -0.05) is 37.3 Å². The molecule has 0 aliphatic carbocycles. The molecule has 0 spiro atoms. The summed E-state index contributed by atoms with van der Waals surface area (Å²) < 4.78 is 16.3. The van der Waals surface area contributed by atoms with E-state index in [-0.39, 0.29) is 12.5 Å². The van der Waals surface area contributed by atoms with Crippen molar-refractivity contribution < 1.29 is 23.8 Å². The highest BCUT2D eigenvalue weighted by Gasteiger charge is 2.47. The average molecular weight is 349 g/mol. The molecule has 0 N–H and O–H groups in total. The lowest BCUT2D eigenvalue weighted by atomic mass is 10.1. The van der Waals surface area contributed by atoms with Crippen molar-refractivity contribution in [1.29, 1.82) is 0 Å². The molecule has 0 bridgehead atoms. The zero-order valence-electron chi connectivity index (χ0n) is 15.5. The maximum absolute atomic E-state index is 12.6. The molecule has 1 fully saturated rings. The number of hydrogen-bond donors (Lipinski definition) is 0. The first-order valence-electron chi connectivity index (χ1n) is 8.47. The van der Waals surface area contributed by atoms with Crippen LogP contribution in [-0.2, 0) is 25.6 Å². The normalized spacial score (nSPS) is 23.4. The average Bonchev–Trinajstić information content (AvgIpc) is 2.88. The van der Waals surface area contributed by atoms with Crippen LogP contribution in [0.4, 0.5) is 4.79 Å². The van der Waals surface area contributed by atoms with Gasteiger partial charge in [0.1, 0.15) is 24.5 Å². The first-order chi connectivity index (χ1) is 11.7. The molecular formula is C19H27NO5. The lowest BCUT2D eigenvalue weighted by molar-refractivity contribution is -0.153. The lowest BCUT2D eigenvalue weighted by Gasteiger charge is -2.31. The molecule has 0 saturated carbocycles. The van der Waals surface area contributed by atoms with Crippen molar-refractivity contribution >= 4 is 12.1 Å². The Balaban J connectivity index is 2.10. The Morgan fingerprint density at radius 2 is 1.84 bits per heavy atom. The second-order valence-corrected chi connectivity index (χ2v) is 7.34. The topological polar surface area (TPSA) is 65.1 Å². The molecule has 1 aromatic rings. The van der Waals surface area contributed by atoms with Gasteiger partial charge in [-0.05, 0) is 32.8 Å². The minimum atomic E-state index is -0.710. The van der Waals surface area contributed by atoms with E-state index in [4.69, 9.17) is 14.2 Å². The van der Waals surface area contributed by atoms with Gasteiger partial charge in [0, 0.05) is 13.0 Å². The number of methoxy groups -OCH3 is 1. The Bertz CT molecular complexity index is 596. The molecule has 2 rings (SSSR count). The first-order valence-corrected chi connectivity index (χ1v) is 8.47. The number of nitrogens with zero attached hydrogens (tertiary/aromatic N) is 1. The van der Waals surface area contributed by atoms with Crippen molar-refractivity contribution in [2.75, 3.05) is 7.11 Å². The fraction of sp³-hybridized carbons (Fsp3) is 0.579. The van der Waals surface area contributed by atoms with Crippen LogP contribution in [0.3, 0.4) is 0 Å². The number of rotatable bonds is 4. The summed E-state index contributed by atoms with van der Waals surface area (Å²) in [7, 11) is 1.52. The van der Waals surface area contributed by atoms with E-state index in [1.807, 2.05) is 37.3 Å². The van der Waals surface area contributed by atoms with Crippen molar-refractivity contribution in [2.24, 2.45) is 5.92 Å². The summed E-state index contributed by atoms with van der Waals surface area (Å²) in [6.45, 7) is 7.47. The van der Waals surface area contributed by atoms with Crippen LogP contribution in [0.25, 0.3) is 0 Å². The number of amides is 1. The molecule has 1 aromatic carbocycles. The minimum absolute atomic E-state index is 0.00629. The van der Waals surface area contributed by atoms with Crippen LogP contribution in [0.5, 0.6) is 0 Å². The Morgan fingerprint density at radius 3 is 2.40 bits per heavy atom. The van der Waals surface area contributed by atoms with Gasteiger partial charge >= 0.3 is 12.1 Å². The smallest absolute Gasteiger partial charge is 0.413 e. The van der Waals surface area contributed by atoms with Crippen LogP contribution >= 0.6 is 0 Å². The van der Waals surface area contributed by atoms with Gasteiger partial charge in [0.25, 0.3) is 0 Å². The second kappa shape index (κ2) is 7.87. The van der Waals surface area contributed by atoms with Crippen molar-refractivity contribution in [2.45, 2.75) is 58.6 Å². The van der Waals surface area contributed by atoms with Gasteiger partial charge in [0.15, 0.2) is 0 Å². The standard InChI is InChI=1S/C19H27NO5/c1-13-11-15(17(21)24-12-14-9-7-6-8-10-14)20(16(13)23-5)18(22)25-19(2,3)4/h6-10,13,15-16H,11-12H2,1-5H3/t13-,15+,16?/m1/s1. The van der Waals surface area contributed by atoms with Crippen LogP contribution in [-0.4, -0.2) is 41.9 Å². The summed E-state index contributed by atoms with van der Waals surface area (Å²) in [5.74, 6) is -0.437. The second-order valence-electron chi connectivity index (χ2n) is 7.34. The van der Waals surface area contributed by atoms with Gasteiger partial charge in [-0.2, -0.15) is 0 Å². The maximum atomic E-state index is 12.6. The number of likely N-dealkylation sites (tertiary alicyclic amines) is 1. The van der Waals surface area contributed by atoms with E-state index >= 15 is 0 Å². The van der Waals surface area contributed by atoms with E-state index in [1.165, 1.54) is 12.0 Å². The fourth-order valence-electron chi connectivity index (χ4n) is 2.96. The highest BCUT2D eigenvalue weighted by atomic mass is 16.6. The van der Waals surface area contributed by atoms with Crippen LogP contribution in [0.1, 0.15) is 39.7 Å². The van der Waals surface area contributed by atoms with Gasteiger partial charge in [-0.3, -0.25) is 4.90 Å². The van der Waals surface area contributed by atoms with Crippen LogP contribution in [0, 0.1) is 5.92 Å². The Morgan fingerprint density at radius 1 is 1.20 bits per heavy atom. The number of benzene rings is 1. The largest absolute Gasteiger partial charge is 0.459 e. The minimum Gasteiger partial charge on any atom is -0.459 e. The quantitative estimate of drug-likeness (QED) is 0.780. The van der Waals surface area contributed by atoms with Gasteiger partial charge in [-0.15, -0.1) is 0 Å². The van der Waals surface area contributed by atoms with Crippen molar-refractivity contribution in [3.63, 3.8) is 0 Å². The van der Waals surface area contributed by atoms with Crippen molar-refractivity contribution in [1.82, 2.24) is 4.90 Å². The molecule has 1 amide bonds. The molecule has 0 aromatic heterocycles. The number of esters is 1. The summed E-state index contributed by atoms with van der Waals surface area (Å²) in [5, 5.41) is 0. The number of carbonyl (C=O) groups is 2. The van der Waals surface area contributed by atoms with E-state index in [0.29, 0.717) is 6.42 Å². The predicted octanol–water partition coefficient (Wildman–Crippen LogP) is 3.35. The van der Waals surface area contributed by atoms with Gasteiger partial charge in [0.05, 0.1) is 0 Å². The third kappa shape index (κ3) is 4.95. The monoisotopic (exact) mass is 349 g/mol. The predicted molar refractivity (Wildman–Crippen MR) is 92.7 cm³/mol. The van der Waals surface area contributed by atoms with E-state index in [0.717, 1.165) is 5.56 Å². The molecule has 1 heterocycles. The summed E-state index contributed by atoms with van der Waals surface area (Å²) in [4.78, 5) is 26.5. The van der Waals surface area contributed by atoms with Crippen LogP contribution < -0.4 is 0 Å². The summed E-state index contributed by atoms with van der Waals surface area (Å²) >= 11 is 0. The molecule has 6 heteroatoms. The molecule has 1 unspecified atom stereocenters. The van der Waals surface area contributed by atoms with Crippen LogP contribution in [0.2, 0.25) is 0 Å². The molecular weight excluding hydrogens is 322 g/mol. The fourth-order valence-corrected chi connectivity index (χ4v) is 2.96. The summed E-state index contributed by atoms with van der Waals surface area (Å²) in [6, 6.07) is 8.72. The molecule has 1 saturated heterocycles. The van der Waals surface area contributed by atoms with E-state index < -0.39 is 29.9 Å². The van der Waals surface area contributed by atoms with E-state index in [9.17, 15) is 9.59 Å². The van der Waals surface area contributed by atoms with E-state index in [2.05, 4.69) is 0 Å². The highest BCUT2D eigenvalue weighted by molar-refractivity contribution is 5.82. The number of hydrogen-bond acceptors (Lipinski definition) is 5. The SMILES string of the molecule is COC1[C@H](C)C[C@@H](C(=O)OCc2ccccc2)N1C(=O)OC(C)(C)C. The third-order valence-electron chi connectivity index (χ3n) is 4.03. The summed E-state index contributed by atoms with van der Waals surface area (Å²) in [6.07, 6.45) is -0.597. The van der Waals surface area contributed by atoms with Crippen LogP contribution in [0.15, 0.2) is 30.3 Å². The van der Waals surface area contributed by atoms with Gasteiger partial charge in [0.2, 0.25) is 0 Å². The maximum Gasteiger partial charge on any atom is 0.413 e. The zero-order valence-corrected chi connectivity index (χ0v) is 15.5. The third-order valence-corrected chi connectivity index (χ3v) is 4.03. The molecule has 138 valence electrons. The number of carbonyl (C=O) groups excluding carboxylic acids is 2. The Labute approximate surface area is 149 Å². The Hall–Kier alpha value is -2.08. The number of ether oxygens (including phenoxy) is 3. The molecule has 1 aliphatic heterocycles. The van der Waals surface area contributed by atoms with Gasteiger partial charge in [-0.25, -0.2) is 9.59 Å². The van der Waals surface area contributed by atoms with Crippen molar-refractivity contribution in [3.8, 4) is 0 Å². The first kappa shape index (κ1) is 19.2. The Kier molecular flexibility index (Phi) is 6.06. The van der Waals surface area contributed by atoms with E-state index in [1.54, 1.807) is 20.8 Å². The molecule has 0 radical (unpaired) electrons. The molecule has 1 aliphatic rings. The van der Waals surface area contributed by atoms with Gasteiger partial charge < -0.3 is 14.2 Å². The zero-order chi connectivity index (χ0) is 18.6.